The number of hydrogen-bond donors (Lipinski definition) is 2. The van der Waals surface area contributed by atoms with E-state index < -0.39 is 0 Å². The number of carbonyl (C=O) groups excluding carboxylic acids is 2. The van der Waals surface area contributed by atoms with Gasteiger partial charge in [0.05, 0.1) is 0 Å². The van der Waals surface area contributed by atoms with Crippen LogP contribution in [0.25, 0.3) is 0 Å². The Labute approximate surface area is 207 Å². The van der Waals surface area contributed by atoms with Gasteiger partial charge in [0.25, 0.3) is 0 Å². The Morgan fingerprint density at radius 1 is 0.562 bits per heavy atom. The summed E-state index contributed by atoms with van der Waals surface area (Å²) in [6, 6.07) is 0. The first-order valence-electron chi connectivity index (χ1n) is 12.6. The Morgan fingerprint density at radius 3 is 1.09 bits per heavy atom. The number of nitrogens with one attached hydrogen (secondary N) is 2. The third-order valence-electron chi connectivity index (χ3n) is 5.25. The molecule has 8 heteroatoms. The van der Waals surface area contributed by atoms with E-state index in [2.05, 4.69) is 48.1 Å². The van der Waals surface area contributed by atoms with Crippen molar-refractivity contribution in [3.8, 4) is 0 Å². The molecule has 32 heavy (non-hydrogen) atoms. The molecule has 0 unspecified atom stereocenters. The van der Waals surface area contributed by atoms with Gasteiger partial charge in [0.15, 0.2) is 10.2 Å². The summed E-state index contributed by atoms with van der Waals surface area (Å²) < 4.78 is 0. The average molecular weight is 487 g/mol. The fourth-order valence-electron chi connectivity index (χ4n) is 3.12. The first-order chi connectivity index (χ1) is 15.4. The summed E-state index contributed by atoms with van der Waals surface area (Å²) in [5.74, 6) is -0.150. The lowest BCUT2D eigenvalue weighted by atomic mass is 10.2. The molecule has 0 rings (SSSR count). The summed E-state index contributed by atoms with van der Waals surface area (Å²) in [5, 5.41) is 6.78. The number of rotatable bonds is 17. The number of amides is 2. The Bertz CT molecular complexity index is 494. The highest BCUT2D eigenvalue weighted by atomic mass is 32.1. The van der Waals surface area contributed by atoms with Gasteiger partial charge < -0.3 is 20.4 Å². The van der Waals surface area contributed by atoms with Crippen LogP contribution in [0.5, 0.6) is 0 Å². The highest BCUT2D eigenvalue weighted by Gasteiger charge is 2.14. The van der Waals surface area contributed by atoms with E-state index in [1.54, 1.807) is 0 Å². The third-order valence-corrected chi connectivity index (χ3v) is 5.97. The van der Waals surface area contributed by atoms with Gasteiger partial charge in [-0.3, -0.25) is 9.59 Å². The Kier molecular flexibility index (Phi) is 19.5. The molecule has 0 atom stereocenters. The molecule has 2 amide bonds. The van der Waals surface area contributed by atoms with E-state index >= 15 is 0 Å². The Hall–Kier alpha value is -1.28. The van der Waals surface area contributed by atoms with Crippen LogP contribution < -0.4 is 10.6 Å². The minimum absolute atomic E-state index is 0.0748. The minimum atomic E-state index is -0.0748. The summed E-state index contributed by atoms with van der Waals surface area (Å²) in [7, 11) is 0. The van der Waals surface area contributed by atoms with Crippen LogP contribution in [-0.2, 0) is 9.59 Å². The SMILES string of the molecule is CCCCN(CCCC)C(=S)NC(=O)CCCCC(=O)NC(=S)N(CCCC)CCCC. The second-order valence-electron chi connectivity index (χ2n) is 8.30. The summed E-state index contributed by atoms with van der Waals surface area (Å²) in [6.45, 7) is 12.1. The molecule has 0 aromatic carbocycles. The predicted molar refractivity (Wildman–Crippen MR) is 143 cm³/mol. The highest BCUT2D eigenvalue weighted by Crippen LogP contribution is 2.04. The van der Waals surface area contributed by atoms with Crippen LogP contribution in [0.2, 0.25) is 0 Å². The van der Waals surface area contributed by atoms with Crippen molar-refractivity contribution in [2.45, 2.75) is 105 Å². The molecule has 0 bridgehead atoms. The standard InChI is InChI=1S/C24H46N4O2S2/c1-5-9-17-27(18-10-6-2)23(31)25-21(29)15-13-14-16-22(30)26-24(32)28(19-11-7-3)20-12-8-4/h5-20H2,1-4H3,(H,25,29,31)(H,26,30,32). The topological polar surface area (TPSA) is 64.7 Å². The Balaban J connectivity index is 4.26. The van der Waals surface area contributed by atoms with Gasteiger partial charge in [-0.1, -0.05) is 53.4 Å². The van der Waals surface area contributed by atoms with Crippen molar-refractivity contribution in [1.29, 1.82) is 0 Å². The van der Waals surface area contributed by atoms with Crippen molar-refractivity contribution in [2.75, 3.05) is 26.2 Å². The van der Waals surface area contributed by atoms with Gasteiger partial charge in [0.1, 0.15) is 0 Å². The molecule has 0 heterocycles. The van der Waals surface area contributed by atoms with Crippen LogP contribution in [0.3, 0.4) is 0 Å². The van der Waals surface area contributed by atoms with Gasteiger partial charge in [0.2, 0.25) is 11.8 Å². The Morgan fingerprint density at radius 2 is 0.844 bits per heavy atom. The summed E-state index contributed by atoms with van der Waals surface area (Å²) in [6.07, 6.45) is 10.7. The highest BCUT2D eigenvalue weighted by molar-refractivity contribution is 7.80. The molecule has 6 nitrogen and oxygen atoms in total. The second kappa shape index (κ2) is 20.3. The zero-order valence-corrected chi connectivity index (χ0v) is 22.5. The zero-order chi connectivity index (χ0) is 24.2. The first kappa shape index (κ1) is 30.7. The van der Waals surface area contributed by atoms with Crippen LogP contribution in [0.1, 0.15) is 105 Å². The van der Waals surface area contributed by atoms with Gasteiger partial charge in [-0.25, -0.2) is 0 Å². The lowest BCUT2D eigenvalue weighted by molar-refractivity contribution is -0.121. The van der Waals surface area contributed by atoms with Crippen LogP contribution in [-0.4, -0.2) is 58.0 Å². The van der Waals surface area contributed by atoms with Crippen molar-refractivity contribution < 1.29 is 9.59 Å². The number of nitrogens with zero attached hydrogens (tertiary/aromatic N) is 2. The first-order valence-corrected chi connectivity index (χ1v) is 13.4. The molecule has 186 valence electrons. The molecule has 0 spiro atoms. The monoisotopic (exact) mass is 486 g/mol. The van der Waals surface area contributed by atoms with Gasteiger partial charge in [-0.05, 0) is 63.0 Å². The lowest BCUT2D eigenvalue weighted by Crippen LogP contribution is -2.43. The van der Waals surface area contributed by atoms with Gasteiger partial charge in [-0.15, -0.1) is 0 Å². The quantitative estimate of drug-likeness (QED) is 0.219. The largest absolute Gasteiger partial charge is 0.349 e. The molecule has 0 radical (unpaired) electrons. The maximum atomic E-state index is 12.3. The van der Waals surface area contributed by atoms with E-state index in [1.165, 1.54) is 0 Å². The van der Waals surface area contributed by atoms with E-state index in [0.29, 0.717) is 35.9 Å². The lowest BCUT2D eigenvalue weighted by Gasteiger charge is -2.25. The van der Waals surface area contributed by atoms with E-state index in [4.69, 9.17) is 24.4 Å². The maximum absolute atomic E-state index is 12.3. The molecule has 0 aromatic heterocycles. The fourth-order valence-corrected chi connectivity index (χ4v) is 3.71. The number of carbonyl (C=O) groups is 2. The van der Waals surface area contributed by atoms with Gasteiger partial charge in [0, 0.05) is 39.0 Å². The van der Waals surface area contributed by atoms with E-state index in [-0.39, 0.29) is 11.8 Å². The minimum Gasteiger partial charge on any atom is -0.349 e. The summed E-state index contributed by atoms with van der Waals surface area (Å²) in [5.41, 5.74) is 0. The van der Waals surface area contributed by atoms with Crippen LogP contribution in [0.15, 0.2) is 0 Å². The van der Waals surface area contributed by atoms with Crippen molar-refractivity contribution in [1.82, 2.24) is 20.4 Å². The molecule has 0 aromatic rings. The van der Waals surface area contributed by atoms with Gasteiger partial charge >= 0.3 is 0 Å². The smallest absolute Gasteiger partial charge is 0.226 e. The van der Waals surface area contributed by atoms with Gasteiger partial charge in [-0.2, -0.15) is 0 Å². The van der Waals surface area contributed by atoms with Crippen molar-refractivity contribution in [3.63, 3.8) is 0 Å². The molecular formula is C24H46N4O2S2. The van der Waals surface area contributed by atoms with Crippen molar-refractivity contribution in [2.24, 2.45) is 0 Å². The predicted octanol–water partition coefficient (Wildman–Crippen LogP) is 5.15. The summed E-state index contributed by atoms with van der Waals surface area (Å²) >= 11 is 10.9. The van der Waals surface area contributed by atoms with E-state index in [9.17, 15) is 9.59 Å². The molecule has 0 aliphatic rings. The molecule has 0 saturated heterocycles. The maximum Gasteiger partial charge on any atom is 0.226 e. The normalized spacial score (nSPS) is 10.5. The molecule has 0 aliphatic heterocycles. The summed E-state index contributed by atoms with van der Waals surface area (Å²) in [4.78, 5) is 28.7. The zero-order valence-electron chi connectivity index (χ0n) is 20.8. The number of hydrogen-bond acceptors (Lipinski definition) is 4. The third kappa shape index (κ3) is 15.5. The number of unbranched alkanes of at least 4 members (excludes halogenated alkanes) is 5. The number of thiocarbonyl (C=S) groups is 2. The molecule has 0 saturated carbocycles. The average Bonchev–Trinajstić information content (AvgIpc) is 2.76. The molecule has 2 N–H and O–H groups in total. The van der Waals surface area contributed by atoms with Crippen LogP contribution in [0.4, 0.5) is 0 Å². The van der Waals surface area contributed by atoms with Crippen LogP contribution >= 0.6 is 24.4 Å². The second-order valence-corrected chi connectivity index (χ2v) is 9.08. The fraction of sp³-hybridized carbons (Fsp3) is 0.833. The van der Waals surface area contributed by atoms with E-state index in [0.717, 1.165) is 77.5 Å². The molecule has 0 fully saturated rings. The molecule has 0 aliphatic carbocycles. The van der Waals surface area contributed by atoms with Crippen LogP contribution in [0, 0.1) is 0 Å². The van der Waals surface area contributed by atoms with E-state index in [1.807, 2.05) is 0 Å². The van der Waals surface area contributed by atoms with Crippen molar-refractivity contribution in [3.05, 3.63) is 0 Å². The molecular weight excluding hydrogens is 440 g/mol. The van der Waals surface area contributed by atoms with Crippen molar-refractivity contribution >= 4 is 46.5 Å².